The van der Waals surface area contributed by atoms with Crippen molar-refractivity contribution in [2.24, 2.45) is 0 Å². The van der Waals surface area contributed by atoms with Crippen LogP contribution in [0.1, 0.15) is 20.7 Å². The van der Waals surface area contributed by atoms with Gasteiger partial charge < -0.3 is 19.8 Å². The molecule has 0 atom stereocenters. The molecule has 4 nitrogen and oxygen atoms in total. The van der Waals surface area contributed by atoms with Crippen molar-refractivity contribution in [3.63, 3.8) is 0 Å². The van der Waals surface area contributed by atoms with Crippen molar-refractivity contribution in [1.29, 1.82) is 0 Å². The number of hydrogen-bond acceptors (Lipinski definition) is 4. The number of halogens is 1. The molecule has 0 aliphatic heterocycles. The molecule has 0 fully saturated rings. The predicted octanol–water partition coefficient (Wildman–Crippen LogP) is -6.82. The minimum absolute atomic E-state index is 0. The molecule has 0 bridgehead atoms. The maximum Gasteiger partial charge on any atom is 1.00 e. The van der Waals surface area contributed by atoms with Gasteiger partial charge in [0.05, 0.1) is 11.9 Å². The molecule has 0 radical (unpaired) electrons. The zero-order valence-corrected chi connectivity index (χ0v) is 13.8. The van der Waals surface area contributed by atoms with Gasteiger partial charge in [-0.3, -0.25) is 0 Å². The molecule has 0 saturated carbocycles. The quantitative estimate of drug-likeness (QED) is 0.507. The molecule has 0 heterocycles. The average molecular weight is 289 g/mol. The molecule has 1 aromatic rings. The Hall–Kier alpha value is 0.640. The minimum atomic E-state index is -1.54. The van der Waals surface area contributed by atoms with E-state index in [2.05, 4.69) is 15.9 Å². The summed E-state index contributed by atoms with van der Waals surface area (Å²) in [5.41, 5.74) is -0.780. The first kappa shape index (κ1) is 18.0. The second-order valence-corrected chi connectivity index (χ2v) is 3.18. The van der Waals surface area contributed by atoms with Gasteiger partial charge in [0.1, 0.15) is 0 Å². The van der Waals surface area contributed by atoms with Crippen LogP contribution in [-0.2, 0) is 0 Å². The fourth-order valence-corrected chi connectivity index (χ4v) is 1.22. The number of rotatable bonds is 2. The number of benzene rings is 1. The third kappa shape index (κ3) is 4.99. The van der Waals surface area contributed by atoms with E-state index in [1.54, 1.807) is 0 Å². The Morgan fingerprint density at radius 1 is 1.00 bits per heavy atom. The van der Waals surface area contributed by atoms with Crippen LogP contribution in [0.15, 0.2) is 22.7 Å². The average Bonchev–Trinajstić information content (AvgIpc) is 2.03. The standard InChI is InChI=1S/C8H5BrO4.2Na/c9-4-1-2-5(7(10)11)6(3-4)8(12)13;;/h1-3H,(H,10,11)(H,12,13);;/q;2*+1/p-2. The SMILES string of the molecule is O=C([O-])c1ccc(Br)cc1C(=O)[O-].[Na+].[Na+]. The zero-order valence-electron chi connectivity index (χ0n) is 8.24. The summed E-state index contributed by atoms with van der Waals surface area (Å²) in [6.07, 6.45) is 0. The number of aromatic carboxylic acids is 2. The predicted molar refractivity (Wildman–Crippen MR) is 42.8 cm³/mol. The summed E-state index contributed by atoms with van der Waals surface area (Å²) in [4.78, 5) is 20.9. The molecule has 0 aliphatic rings. The van der Waals surface area contributed by atoms with E-state index in [4.69, 9.17) is 0 Å². The fourth-order valence-electron chi connectivity index (χ4n) is 0.863. The van der Waals surface area contributed by atoms with E-state index in [1.165, 1.54) is 6.07 Å². The molecule has 0 N–H and O–H groups in total. The summed E-state index contributed by atoms with van der Waals surface area (Å²) in [6, 6.07) is 3.71. The van der Waals surface area contributed by atoms with Gasteiger partial charge in [-0.1, -0.05) is 22.0 Å². The normalized spacial score (nSPS) is 8.33. The molecule has 7 heteroatoms. The number of hydrogen-bond donors (Lipinski definition) is 0. The van der Waals surface area contributed by atoms with E-state index < -0.39 is 17.5 Å². The molecular formula is C8H3BrNa2O4. The molecule has 68 valence electrons. The van der Waals surface area contributed by atoms with E-state index in [0.717, 1.165) is 12.1 Å². The molecule has 0 saturated heterocycles. The molecule has 0 amide bonds. The zero-order chi connectivity index (χ0) is 10.0. The van der Waals surface area contributed by atoms with E-state index in [0.29, 0.717) is 4.47 Å². The van der Waals surface area contributed by atoms with Crippen LogP contribution in [0.3, 0.4) is 0 Å². The Kier molecular flexibility index (Phi) is 9.42. The van der Waals surface area contributed by atoms with Gasteiger partial charge in [-0.15, -0.1) is 0 Å². The maximum atomic E-state index is 10.5. The molecular weight excluding hydrogens is 286 g/mol. The second kappa shape index (κ2) is 7.84. The molecule has 0 spiro atoms. The summed E-state index contributed by atoms with van der Waals surface area (Å²) < 4.78 is 0.469. The Labute approximate surface area is 139 Å². The van der Waals surface area contributed by atoms with Gasteiger partial charge in [0.2, 0.25) is 0 Å². The third-order valence-electron chi connectivity index (χ3n) is 1.42. The van der Waals surface area contributed by atoms with Crippen molar-refractivity contribution in [2.45, 2.75) is 0 Å². The first-order valence-corrected chi connectivity index (χ1v) is 4.04. The Morgan fingerprint density at radius 3 is 1.87 bits per heavy atom. The van der Waals surface area contributed by atoms with Gasteiger partial charge >= 0.3 is 59.1 Å². The van der Waals surface area contributed by atoms with Gasteiger partial charge in [-0.05, 0) is 12.1 Å². The fraction of sp³-hybridized carbons (Fsp3) is 0. The van der Waals surface area contributed by atoms with Gasteiger partial charge in [0.15, 0.2) is 0 Å². The molecule has 1 aromatic carbocycles. The number of carbonyl (C=O) groups excluding carboxylic acids is 2. The summed E-state index contributed by atoms with van der Waals surface area (Å²) in [6.45, 7) is 0. The Morgan fingerprint density at radius 2 is 1.47 bits per heavy atom. The summed E-state index contributed by atoms with van der Waals surface area (Å²) in [5.74, 6) is -3.08. The van der Waals surface area contributed by atoms with Crippen molar-refractivity contribution < 1.29 is 78.9 Å². The summed E-state index contributed by atoms with van der Waals surface area (Å²) in [7, 11) is 0. The van der Waals surface area contributed by atoms with Crippen LogP contribution < -0.4 is 69.3 Å². The smallest absolute Gasteiger partial charge is 0.545 e. The maximum absolute atomic E-state index is 10.5. The Balaban J connectivity index is 0. The minimum Gasteiger partial charge on any atom is -0.545 e. The summed E-state index contributed by atoms with van der Waals surface area (Å²) in [5, 5.41) is 20.9. The second-order valence-electron chi connectivity index (χ2n) is 2.26. The third-order valence-corrected chi connectivity index (χ3v) is 1.91. The first-order chi connectivity index (χ1) is 6.02. The van der Waals surface area contributed by atoms with Crippen LogP contribution in [-0.4, -0.2) is 11.9 Å². The first-order valence-electron chi connectivity index (χ1n) is 3.24. The van der Waals surface area contributed by atoms with Gasteiger partial charge in [-0.25, -0.2) is 0 Å². The molecule has 0 aromatic heterocycles. The molecule has 0 aliphatic carbocycles. The molecule has 15 heavy (non-hydrogen) atoms. The van der Waals surface area contributed by atoms with E-state index in [1.807, 2.05) is 0 Å². The van der Waals surface area contributed by atoms with Crippen LogP contribution in [0.25, 0.3) is 0 Å². The van der Waals surface area contributed by atoms with Crippen molar-refractivity contribution in [1.82, 2.24) is 0 Å². The monoisotopic (exact) mass is 288 g/mol. The van der Waals surface area contributed by atoms with E-state index in [9.17, 15) is 19.8 Å². The van der Waals surface area contributed by atoms with E-state index in [-0.39, 0.29) is 64.7 Å². The van der Waals surface area contributed by atoms with Gasteiger partial charge in [0, 0.05) is 15.6 Å². The summed E-state index contributed by atoms with van der Waals surface area (Å²) >= 11 is 3.01. The largest absolute Gasteiger partial charge is 1.00 e. The van der Waals surface area contributed by atoms with Crippen molar-refractivity contribution in [3.8, 4) is 0 Å². The van der Waals surface area contributed by atoms with Crippen molar-refractivity contribution >= 4 is 27.9 Å². The Bertz CT molecular complexity index is 381. The number of carboxylic acids is 2. The van der Waals surface area contributed by atoms with Crippen LogP contribution in [0, 0.1) is 0 Å². The van der Waals surface area contributed by atoms with Gasteiger partial charge in [0.25, 0.3) is 0 Å². The number of carbonyl (C=O) groups is 2. The van der Waals surface area contributed by atoms with Gasteiger partial charge in [-0.2, -0.15) is 0 Å². The van der Waals surface area contributed by atoms with Crippen LogP contribution >= 0.6 is 15.9 Å². The van der Waals surface area contributed by atoms with Crippen LogP contribution in [0.2, 0.25) is 0 Å². The topological polar surface area (TPSA) is 80.3 Å². The van der Waals surface area contributed by atoms with Crippen LogP contribution in [0.4, 0.5) is 0 Å². The van der Waals surface area contributed by atoms with E-state index >= 15 is 0 Å². The number of carboxylic acid groups (broad SMARTS) is 2. The van der Waals surface area contributed by atoms with Crippen LogP contribution in [0.5, 0.6) is 0 Å². The van der Waals surface area contributed by atoms with Crippen molar-refractivity contribution in [2.75, 3.05) is 0 Å². The molecule has 1 rings (SSSR count). The molecule has 0 unspecified atom stereocenters. The van der Waals surface area contributed by atoms with Crippen molar-refractivity contribution in [3.05, 3.63) is 33.8 Å².